The summed E-state index contributed by atoms with van der Waals surface area (Å²) in [5.41, 5.74) is 0. The topological polar surface area (TPSA) is 34.1 Å². The summed E-state index contributed by atoms with van der Waals surface area (Å²) in [6.07, 6.45) is 3.22. The quantitative estimate of drug-likeness (QED) is 0.580. The SMILES string of the molecule is CS(=O)(=O)C1CCCS1. The summed E-state index contributed by atoms with van der Waals surface area (Å²) in [5.74, 6) is 1.01. The lowest BCUT2D eigenvalue weighted by Gasteiger charge is -2.02. The minimum atomic E-state index is -2.74. The van der Waals surface area contributed by atoms with Crippen LogP contribution in [0.4, 0.5) is 0 Å². The molecular weight excluding hydrogens is 156 g/mol. The van der Waals surface area contributed by atoms with Crippen molar-refractivity contribution >= 4 is 21.6 Å². The molecule has 1 aliphatic rings. The van der Waals surface area contributed by atoms with Crippen LogP contribution < -0.4 is 0 Å². The summed E-state index contributed by atoms with van der Waals surface area (Å²) in [6, 6.07) is 0. The molecule has 1 rings (SSSR count). The third-order valence-electron chi connectivity index (χ3n) is 1.37. The van der Waals surface area contributed by atoms with Gasteiger partial charge < -0.3 is 0 Å². The molecule has 0 spiro atoms. The fourth-order valence-corrected chi connectivity index (χ4v) is 3.69. The van der Waals surface area contributed by atoms with Crippen molar-refractivity contribution in [2.45, 2.75) is 17.4 Å². The van der Waals surface area contributed by atoms with Gasteiger partial charge in [-0.2, -0.15) is 0 Å². The van der Waals surface area contributed by atoms with Gasteiger partial charge >= 0.3 is 0 Å². The van der Waals surface area contributed by atoms with Crippen LogP contribution in [-0.2, 0) is 9.84 Å². The number of sulfone groups is 1. The van der Waals surface area contributed by atoms with E-state index in [0.29, 0.717) is 0 Å². The van der Waals surface area contributed by atoms with E-state index in [1.165, 1.54) is 6.26 Å². The van der Waals surface area contributed by atoms with E-state index in [1.807, 2.05) is 0 Å². The first-order valence-corrected chi connectivity index (χ1v) is 5.91. The zero-order valence-electron chi connectivity index (χ0n) is 5.33. The molecule has 1 aliphatic heterocycles. The molecule has 1 unspecified atom stereocenters. The van der Waals surface area contributed by atoms with Gasteiger partial charge in [0.1, 0.15) is 4.58 Å². The summed E-state index contributed by atoms with van der Waals surface area (Å²) in [6.45, 7) is 0. The maximum absolute atomic E-state index is 10.8. The van der Waals surface area contributed by atoms with Gasteiger partial charge in [0.25, 0.3) is 0 Å². The fraction of sp³-hybridized carbons (Fsp3) is 1.00. The van der Waals surface area contributed by atoms with Gasteiger partial charge in [0, 0.05) is 6.26 Å². The highest BCUT2D eigenvalue weighted by Crippen LogP contribution is 2.29. The molecule has 0 saturated carbocycles. The van der Waals surface area contributed by atoms with Crippen LogP contribution in [0.5, 0.6) is 0 Å². The smallest absolute Gasteiger partial charge is 0.159 e. The van der Waals surface area contributed by atoms with Crippen LogP contribution in [0.3, 0.4) is 0 Å². The minimum Gasteiger partial charge on any atom is -0.228 e. The molecule has 54 valence electrons. The van der Waals surface area contributed by atoms with E-state index >= 15 is 0 Å². The summed E-state index contributed by atoms with van der Waals surface area (Å²) in [7, 11) is -2.74. The average molecular weight is 166 g/mol. The first-order valence-electron chi connectivity index (χ1n) is 2.91. The monoisotopic (exact) mass is 166 g/mol. The molecule has 4 heteroatoms. The van der Waals surface area contributed by atoms with Gasteiger partial charge in [-0.3, -0.25) is 0 Å². The van der Waals surface area contributed by atoms with Crippen LogP contribution in [-0.4, -0.2) is 25.0 Å². The molecule has 0 aliphatic carbocycles. The number of thioether (sulfide) groups is 1. The van der Waals surface area contributed by atoms with Crippen LogP contribution in [0, 0.1) is 0 Å². The number of rotatable bonds is 1. The molecule has 0 N–H and O–H groups in total. The van der Waals surface area contributed by atoms with Crippen LogP contribution in [0.25, 0.3) is 0 Å². The van der Waals surface area contributed by atoms with E-state index in [0.717, 1.165) is 18.6 Å². The van der Waals surface area contributed by atoms with Crippen molar-refractivity contribution in [2.24, 2.45) is 0 Å². The fourth-order valence-electron chi connectivity index (χ4n) is 0.886. The third kappa shape index (κ3) is 1.86. The normalized spacial score (nSPS) is 28.8. The van der Waals surface area contributed by atoms with Crippen molar-refractivity contribution in [3.05, 3.63) is 0 Å². The van der Waals surface area contributed by atoms with E-state index in [9.17, 15) is 8.42 Å². The summed E-state index contributed by atoms with van der Waals surface area (Å²) < 4.78 is 21.5. The van der Waals surface area contributed by atoms with E-state index in [2.05, 4.69) is 0 Å². The lowest BCUT2D eigenvalue weighted by Crippen LogP contribution is -2.11. The standard InChI is InChI=1S/C5H10O2S2/c1-9(6,7)5-3-2-4-8-5/h5H,2-4H2,1H3. The molecule has 1 saturated heterocycles. The van der Waals surface area contributed by atoms with Crippen LogP contribution in [0.2, 0.25) is 0 Å². The predicted octanol–water partition coefficient (Wildman–Crippen LogP) is 0.884. The van der Waals surface area contributed by atoms with Crippen molar-refractivity contribution in [1.29, 1.82) is 0 Å². The number of hydrogen-bond donors (Lipinski definition) is 0. The van der Waals surface area contributed by atoms with Gasteiger partial charge in [-0.15, -0.1) is 11.8 Å². The van der Waals surface area contributed by atoms with Gasteiger partial charge in [0.05, 0.1) is 0 Å². The van der Waals surface area contributed by atoms with Crippen molar-refractivity contribution in [2.75, 3.05) is 12.0 Å². The highest BCUT2D eigenvalue weighted by atomic mass is 32.3. The predicted molar refractivity (Wildman–Crippen MR) is 40.3 cm³/mol. The summed E-state index contributed by atoms with van der Waals surface area (Å²) in [5, 5.41) is 0. The molecule has 2 nitrogen and oxygen atoms in total. The largest absolute Gasteiger partial charge is 0.228 e. The molecule has 0 aromatic carbocycles. The molecule has 0 bridgehead atoms. The van der Waals surface area contributed by atoms with Crippen molar-refractivity contribution in [3.63, 3.8) is 0 Å². The Labute approximate surface area is 59.9 Å². The maximum Gasteiger partial charge on any atom is 0.159 e. The Morgan fingerprint density at radius 2 is 2.22 bits per heavy atom. The van der Waals surface area contributed by atoms with Crippen LogP contribution >= 0.6 is 11.8 Å². The van der Waals surface area contributed by atoms with Gasteiger partial charge in [0.2, 0.25) is 0 Å². The molecule has 1 fully saturated rings. The van der Waals surface area contributed by atoms with Gasteiger partial charge in [-0.25, -0.2) is 8.42 Å². The number of hydrogen-bond acceptors (Lipinski definition) is 3. The second-order valence-electron chi connectivity index (χ2n) is 2.27. The Bertz CT molecular complexity index is 177. The lowest BCUT2D eigenvalue weighted by atomic mass is 10.4. The lowest BCUT2D eigenvalue weighted by molar-refractivity contribution is 0.597. The third-order valence-corrected chi connectivity index (χ3v) is 5.15. The summed E-state index contributed by atoms with van der Waals surface area (Å²) in [4.78, 5) is 0. The molecule has 0 aromatic rings. The second kappa shape index (κ2) is 2.50. The maximum atomic E-state index is 10.8. The highest BCUT2D eigenvalue weighted by Gasteiger charge is 2.24. The molecule has 0 radical (unpaired) electrons. The zero-order valence-corrected chi connectivity index (χ0v) is 6.96. The van der Waals surface area contributed by atoms with Crippen LogP contribution in [0.1, 0.15) is 12.8 Å². The molecule has 0 aromatic heterocycles. The van der Waals surface area contributed by atoms with Crippen molar-refractivity contribution in [1.82, 2.24) is 0 Å². The van der Waals surface area contributed by atoms with Crippen LogP contribution in [0.15, 0.2) is 0 Å². The van der Waals surface area contributed by atoms with Crippen molar-refractivity contribution < 1.29 is 8.42 Å². The van der Waals surface area contributed by atoms with E-state index in [-0.39, 0.29) is 4.58 Å². The Hall–Kier alpha value is 0.300. The Morgan fingerprint density at radius 3 is 2.44 bits per heavy atom. The Kier molecular flexibility index (Phi) is 2.06. The van der Waals surface area contributed by atoms with E-state index < -0.39 is 9.84 Å². The van der Waals surface area contributed by atoms with Gasteiger partial charge in [0.15, 0.2) is 9.84 Å². The molecule has 0 amide bonds. The molecule has 1 heterocycles. The van der Waals surface area contributed by atoms with Gasteiger partial charge in [-0.1, -0.05) is 0 Å². The second-order valence-corrected chi connectivity index (χ2v) is 6.11. The first kappa shape index (κ1) is 7.41. The Balaban J connectivity index is 2.63. The molecule has 1 atom stereocenters. The zero-order chi connectivity index (χ0) is 6.91. The first-order chi connectivity index (χ1) is 4.11. The van der Waals surface area contributed by atoms with Gasteiger partial charge in [-0.05, 0) is 18.6 Å². The van der Waals surface area contributed by atoms with Crippen molar-refractivity contribution in [3.8, 4) is 0 Å². The van der Waals surface area contributed by atoms with E-state index in [4.69, 9.17) is 0 Å². The average Bonchev–Trinajstić information content (AvgIpc) is 2.08. The minimum absolute atomic E-state index is 0.0995. The molecular formula is C5H10O2S2. The van der Waals surface area contributed by atoms with E-state index in [1.54, 1.807) is 11.8 Å². The Morgan fingerprint density at radius 1 is 1.56 bits per heavy atom. The highest BCUT2D eigenvalue weighted by molar-refractivity contribution is 8.13. The molecule has 9 heavy (non-hydrogen) atoms. The summed E-state index contributed by atoms with van der Waals surface area (Å²) >= 11 is 1.56.